The molecule has 2 heteroatoms. The average molecular weight is 198 g/mol. The Labute approximate surface area is 88.8 Å². The summed E-state index contributed by atoms with van der Waals surface area (Å²) in [5, 5.41) is 0. The minimum absolute atomic E-state index is 0.301. The molecular weight excluding hydrogens is 172 g/mol. The molecule has 14 heavy (non-hydrogen) atoms. The fraction of sp³-hybridized carbons (Fsp3) is 1.00. The minimum Gasteiger partial charge on any atom is -0.327 e. The van der Waals surface area contributed by atoms with Crippen molar-refractivity contribution in [3.05, 3.63) is 0 Å². The van der Waals surface area contributed by atoms with Gasteiger partial charge < -0.3 is 10.6 Å². The molecule has 1 aliphatic heterocycles. The van der Waals surface area contributed by atoms with Crippen LogP contribution in [0.2, 0.25) is 0 Å². The van der Waals surface area contributed by atoms with Crippen molar-refractivity contribution in [3.63, 3.8) is 0 Å². The Morgan fingerprint density at radius 1 is 1.43 bits per heavy atom. The lowest BCUT2D eigenvalue weighted by atomic mass is 9.79. The summed E-state index contributed by atoms with van der Waals surface area (Å²) in [5.74, 6) is 0.814. The molecule has 1 saturated heterocycles. The first kappa shape index (κ1) is 12.0. The summed E-state index contributed by atoms with van der Waals surface area (Å²) in [6, 6.07) is 0.387. The second kappa shape index (κ2) is 4.63. The van der Waals surface area contributed by atoms with Gasteiger partial charge in [0, 0.05) is 12.6 Å². The van der Waals surface area contributed by atoms with Crippen LogP contribution in [0.25, 0.3) is 0 Å². The van der Waals surface area contributed by atoms with Crippen LogP contribution in [0.4, 0.5) is 0 Å². The van der Waals surface area contributed by atoms with Gasteiger partial charge >= 0.3 is 0 Å². The maximum absolute atomic E-state index is 6.10. The molecule has 1 fully saturated rings. The van der Waals surface area contributed by atoms with Crippen molar-refractivity contribution in [2.45, 2.75) is 46.6 Å². The Bertz CT molecular complexity index is 175. The molecule has 1 unspecified atom stereocenters. The zero-order valence-electron chi connectivity index (χ0n) is 10.2. The lowest BCUT2D eigenvalue weighted by Crippen LogP contribution is -2.52. The largest absolute Gasteiger partial charge is 0.327 e. The molecule has 0 aliphatic carbocycles. The molecule has 84 valence electrons. The standard InChI is InChI=1S/C12H26N2/c1-10(2)5-7-14-8-6-11(13)12(3,4)9-14/h10-11H,5-9,13H2,1-4H3. The number of rotatable bonds is 3. The molecule has 1 heterocycles. The third-order valence-corrected chi connectivity index (χ3v) is 3.41. The molecule has 0 spiro atoms. The lowest BCUT2D eigenvalue weighted by Gasteiger charge is -2.42. The highest BCUT2D eigenvalue weighted by molar-refractivity contribution is 4.89. The zero-order chi connectivity index (χ0) is 10.8. The van der Waals surface area contributed by atoms with Crippen LogP contribution in [0, 0.1) is 11.3 Å². The van der Waals surface area contributed by atoms with E-state index in [1.807, 2.05) is 0 Å². The summed E-state index contributed by atoms with van der Waals surface area (Å²) < 4.78 is 0. The van der Waals surface area contributed by atoms with Gasteiger partial charge in [-0.2, -0.15) is 0 Å². The normalized spacial score (nSPS) is 28.3. The van der Waals surface area contributed by atoms with E-state index in [1.54, 1.807) is 0 Å². The van der Waals surface area contributed by atoms with Gasteiger partial charge in [0.2, 0.25) is 0 Å². The smallest absolute Gasteiger partial charge is 0.0115 e. The Morgan fingerprint density at radius 2 is 2.07 bits per heavy atom. The summed E-state index contributed by atoms with van der Waals surface area (Å²) in [5.41, 5.74) is 6.40. The van der Waals surface area contributed by atoms with E-state index >= 15 is 0 Å². The van der Waals surface area contributed by atoms with Gasteiger partial charge in [0.05, 0.1) is 0 Å². The highest BCUT2D eigenvalue weighted by Gasteiger charge is 2.32. The number of hydrogen-bond donors (Lipinski definition) is 1. The lowest BCUT2D eigenvalue weighted by molar-refractivity contribution is 0.0917. The minimum atomic E-state index is 0.301. The van der Waals surface area contributed by atoms with Gasteiger partial charge in [0.25, 0.3) is 0 Å². The molecule has 0 aromatic rings. The average Bonchev–Trinajstić information content (AvgIpc) is 2.07. The summed E-state index contributed by atoms with van der Waals surface area (Å²) in [4.78, 5) is 2.57. The summed E-state index contributed by atoms with van der Waals surface area (Å²) >= 11 is 0. The quantitative estimate of drug-likeness (QED) is 0.752. The van der Waals surface area contributed by atoms with Crippen molar-refractivity contribution in [1.29, 1.82) is 0 Å². The van der Waals surface area contributed by atoms with Crippen LogP contribution in [0.1, 0.15) is 40.5 Å². The van der Waals surface area contributed by atoms with Crippen molar-refractivity contribution >= 4 is 0 Å². The van der Waals surface area contributed by atoms with Crippen LogP contribution in [0.5, 0.6) is 0 Å². The summed E-state index contributed by atoms with van der Waals surface area (Å²) in [6.07, 6.45) is 2.47. The predicted octanol–water partition coefficient (Wildman–Crippen LogP) is 2.09. The first-order valence-electron chi connectivity index (χ1n) is 5.90. The first-order chi connectivity index (χ1) is 6.42. The van der Waals surface area contributed by atoms with Crippen molar-refractivity contribution in [1.82, 2.24) is 4.90 Å². The maximum Gasteiger partial charge on any atom is 0.0115 e. The Kier molecular flexibility index (Phi) is 3.96. The van der Waals surface area contributed by atoms with Gasteiger partial charge in [-0.1, -0.05) is 27.7 Å². The van der Waals surface area contributed by atoms with E-state index in [2.05, 4.69) is 32.6 Å². The van der Waals surface area contributed by atoms with E-state index in [9.17, 15) is 0 Å². The first-order valence-corrected chi connectivity index (χ1v) is 5.90. The summed E-state index contributed by atoms with van der Waals surface area (Å²) in [6.45, 7) is 12.8. The van der Waals surface area contributed by atoms with Crippen LogP contribution in [0.15, 0.2) is 0 Å². The van der Waals surface area contributed by atoms with E-state index < -0.39 is 0 Å². The molecule has 1 rings (SSSR count). The highest BCUT2D eigenvalue weighted by atomic mass is 15.1. The van der Waals surface area contributed by atoms with E-state index in [1.165, 1.54) is 26.1 Å². The molecule has 2 nitrogen and oxygen atoms in total. The molecule has 0 amide bonds. The third-order valence-electron chi connectivity index (χ3n) is 3.41. The van der Waals surface area contributed by atoms with E-state index in [4.69, 9.17) is 5.73 Å². The van der Waals surface area contributed by atoms with Gasteiger partial charge in [0.1, 0.15) is 0 Å². The van der Waals surface area contributed by atoms with Crippen molar-refractivity contribution < 1.29 is 0 Å². The fourth-order valence-corrected chi connectivity index (χ4v) is 2.12. The summed E-state index contributed by atoms with van der Waals surface area (Å²) in [7, 11) is 0. The zero-order valence-corrected chi connectivity index (χ0v) is 10.2. The highest BCUT2D eigenvalue weighted by Crippen LogP contribution is 2.27. The molecule has 0 aromatic carbocycles. The van der Waals surface area contributed by atoms with Gasteiger partial charge in [-0.3, -0.25) is 0 Å². The number of piperidine rings is 1. The number of likely N-dealkylation sites (tertiary alicyclic amines) is 1. The monoisotopic (exact) mass is 198 g/mol. The predicted molar refractivity (Wildman–Crippen MR) is 62.3 cm³/mol. The number of hydrogen-bond acceptors (Lipinski definition) is 2. The topological polar surface area (TPSA) is 29.3 Å². The van der Waals surface area contributed by atoms with Crippen LogP contribution in [0.3, 0.4) is 0 Å². The molecule has 0 bridgehead atoms. The van der Waals surface area contributed by atoms with Crippen LogP contribution < -0.4 is 5.73 Å². The molecule has 1 atom stereocenters. The molecule has 2 N–H and O–H groups in total. The third kappa shape index (κ3) is 3.25. The maximum atomic E-state index is 6.10. The Balaban J connectivity index is 2.36. The van der Waals surface area contributed by atoms with E-state index in [0.717, 1.165) is 12.3 Å². The van der Waals surface area contributed by atoms with E-state index in [0.29, 0.717) is 11.5 Å². The van der Waals surface area contributed by atoms with E-state index in [-0.39, 0.29) is 0 Å². The van der Waals surface area contributed by atoms with Crippen LogP contribution >= 0.6 is 0 Å². The molecule has 0 aromatic heterocycles. The Hall–Kier alpha value is -0.0800. The van der Waals surface area contributed by atoms with Gasteiger partial charge in [0.15, 0.2) is 0 Å². The molecule has 1 aliphatic rings. The van der Waals surface area contributed by atoms with Gasteiger partial charge in [-0.25, -0.2) is 0 Å². The number of nitrogens with two attached hydrogens (primary N) is 1. The second-order valence-corrected chi connectivity index (χ2v) is 5.84. The SMILES string of the molecule is CC(C)CCN1CCC(N)C(C)(C)C1. The van der Waals surface area contributed by atoms with Crippen molar-refractivity contribution in [2.75, 3.05) is 19.6 Å². The number of nitrogens with zero attached hydrogens (tertiary/aromatic N) is 1. The van der Waals surface area contributed by atoms with Crippen molar-refractivity contribution in [3.8, 4) is 0 Å². The van der Waals surface area contributed by atoms with Gasteiger partial charge in [-0.15, -0.1) is 0 Å². The molecule has 0 radical (unpaired) electrons. The Morgan fingerprint density at radius 3 is 2.57 bits per heavy atom. The van der Waals surface area contributed by atoms with Crippen LogP contribution in [-0.4, -0.2) is 30.6 Å². The van der Waals surface area contributed by atoms with Crippen LogP contribution in [-0.2, 0) is 0 Å². The van der Waals surface area contributed by atoms with Gasteiger partial charge in [-0.05, 0) is 37.3 Å². The molecular formula is C12H26N2. The second-order valence-electron chi connectivity index (χ2n) is 5.84. The van der Waals surface area contributed by atoms with Crippen molar-refractivity contribution in [2.24, 2.45) is 17.1 Å². The fourth-order valence-electron chi connectivity index (χ4n) is 2.12. The molecule has 0 saturated carbocycles.